The molecule has 20 heavy (non-hydrogen) atoms. The highest BCUT2D eigenvalue weighted by molar-refractivity contribution is 7.89. The maximum Gasteiger partial charge on any atom is 0.217 e. The quantitative estimate of drug-likeness (QED) is 0.806. The lowest BCUT2D eigenvalue weighted by Gasteiger charge is -2.36. The van der Waals surface area contributed by atoms with Gasteiger partial charge in [0.15, 0.2) is 0 Å². The van der Waals surface area contributed by atoms with Gasteiger partial charge >= 0.3 is 0 Å². The molecule has 5 nitrogen and oxygen atoms in total. The Morgan fingerprint density at radius 1 is 1.05 bits per heavy atom. The zero-order chi connectivity index (χ0) is 14.4. The molecular formula is C14H28N2O3S. The average molecular weight is 304 g/mol. The van der Waals surface area contributed by atoms with Crippen LogP contribution in [0, 0.1) is 0 Å². The van der Waals surface area contributed by atoms with Crippen LogP contribution in [0.3, 0.4) is 0 Å². The Labute approximate surface area is 122 Å². The first-order chi connectivity index (χ1) is 9.66. The lowest BCUT2D eigenvalue weighted by atomic mass is 9.95. The fourth-order valence-corrected chi connectivity index (χ4v) is 5.48. The summed E-state index contributed by atoms with van der Waals surface area (Å²) in [7, 11) is -3.20. The first-order valence-electron chi connectivity index (χ1n) is 7.94. The van der Waals surface area contributed by atoms with Crippen molar-refractivity contribution in [2.75, 3.05) is 26.3 Å². The molecule has 6 heteroatoms. The van der Waals surface area contributed by atoms with Crippen LogP contribution in [0.1, 0.15) is 51.4 Å². The number of hydrogen-bond acceptors (Lipinski definition) is 4. The minimum atomic E-state index is -3.20. The first kappa shape index (κ1) is 16.2. The molecule has 0 unspecified atom stereocenters. The van der Waals surface area contributed by atoms with Crippen molar-refractivity contribution in [1.82, 2.24) is 4.31 Å². The maximum absolute atomic E-state index is 12.9. The van der Waals surface area contributed by atoms with Gasteiger partial charge in [0.1, 0.15) is 0 Å². The Kier molecular flexibility index (Phi) is 6.26. The highest BCUT2D eigenvalue weighted by atomic mass is 32.2. The van der Waals surface area contributed by atoms with E-state index >= 15 is 0 Å². The van der Waals surface area contributed by atoms with Crippen LogP contribution in [0.5, 0.6) is 0 Å². The van der Waals surface area contributed by atoms with Gasteiger partial charge in [-0.2, -0.15) is 4.31 Å². The molecule has 0 amide bonds. The van der Waals surface area contributed by atoms with Crippen molar-refractivity contribution in [2.24, 2.45) is 5.73 Å². The number of sulfonamides is 1. The largest absolute Gasteiger partial charge is 0.381 e. The monoisotopic (exact) mass is 304 g/mol. The molecule has 0 aromatic rings. The van der Waals surface area contributed by atoms with Gasteiger partial charge in [-0.1, -0.05) is 19.3 Å². The van der Waals surface area contributed by atoms with Crippen LogP contribution in [0.25, 0.3) is 0 Å². The molecule has 0 aromatic carbocycles. The van der Waals surface area contributed by atoms with Crippen LogP contribution in [-0.4, -0.2) is 50.3 Å². The van der Waals surface area contributed by atoms with Gasteiger partial charge in [0.25, 0.3) is 0 Å². The van der Waals surface area contributed by atoms with Crippen molar-refractivity contribution in [1.29, 1.82) is 0 Å². The van der Waals surface area contributed by atoms with Crippen LogP contribution in [-0.2, 0) is 14.8 Å². The topological polar surface area (TPSA) is 72.6 Å². The number of rotatable bonds is 6. The number of nitrogens with zero attached hydrogens (tertiary/aromatic N) is 1. The van der Waals surface area contributed by atoms with Crippen molar-refractivity contribution in [3.8, 4) is 0 Å². The summed E-state index contributed by atoms with van der Waals surface area (Å²) in [5.41, 5.74) is 5.59. The Balaban J connectivity index is 2.10. The van der Waals surface area contributed by atoms with E-state index in [-0.39, 0.29) is 11.3 Å². The number of nitrogens with two attached hydrogens (primary N) is 1. The maximum atomic E-state index is 12.9. The van der Waals surface area contributed by atoms with Gasteiger partial charge in [-0.25, -0.2) is 8.42 Å². The standard InChI is InChI=1S/C14H28N2O3S/c15-9-4-10-16(13-5-2-1-3-6-13)20(17,18)14-7-11-19-12-8-14/h13-14H,1-12,15H2. The molecule has 0 radical (unpaired) electrons. The molecular weight excluding hydrogens is 276 g/mol. The predicted octanol–water partition coefficient (Wildman–Crippen LogP) is 1.48. The number of ether oxygens (including phenoxy) is 1. The lowest BCUT2D eigenvalue weighted by molar-refractivity contribution is 0.0964. The van der Waals surface area contributed by atoms with Crippen molar-refractivity contribution in [2.45, 2.75) is 62.7 Å². The van der Waals surface area contributed by atoms with Crippen LogP contribution < -0.4 is 5.73 Å². The third-order valence-electron chi connectivity index (χ3n) is 4.48. The zero-order valence-electron chi connectivity index (χ0n) is 12.3. The molecule has 1 saturated carbocycles. The fourth-order valence-electron chi connectivity index (χ4n) is 3.30. The van der Waals surface area contributed by atoms with E-state index in [1.807, 2.05) is 0 Å². The minimum Gasteiger partial charge on any atom is -0.381 e. The van der Waals surface area contributed by atoms with E-state index < -0.39 is 10.0 Å². The third kappa shape index (κ3) is 3.93. The molecule has 1 aliphatic carbocycles. The summed E-state index contributed by atoms with van der Waals surface area (Å²) in [6.45, 7) is 2.27. The zero-order valence-corrected chi connectivity index (χ0v) is 13.1. The van der Waals surface area contributed by atoms with E-state index in [9.17, 15) is 8.42 Å². The molecule has 1 heterocycles. The minimum absolute atomic E-state index is 0.197. The highest BCUT2D eigenvalue weighted by Crippen LogP contribution is 2.28. The second-order valence-electron chi connectivity index (χ2n) is 5.90. The second-order valence-corrected chi connectivity index (χ2v) is 8.07. The summed E-state index contributed by atoms with van der Waals surface area (Å²) in [4.78, 5) is 0. The summed E-state index contributed by atoms with van der Waals surface area (Å²) in [6.07, 6.45) is 7.56. The molecule has 0 bridgehead atoms. The summed E-state index contributed by atoms with van der Waals surface area (Å²) >= 11 is 0. The Hall–Kier alpha value is -0.170. The van der Waals surface area contributed by atoms with E-state index in [4.69, 9.17) is 10.5 Å². The van der Waals surface area contributed by atoms with E-state index in [0.717, 1.165) is 32.1 Å². The van der Waals surface area contributed by atoms with Gasteiger partial charge in [-0.3, -0.25) is 0 Å². The van der Waals surface area contributed by atoms with Gasteiger partial charge in [-0.15, -0.1) is 0 Å². The van der Waals surface area contributed by atoms with Gasteiger partial charge in [0, 0.05) is 25.8 Å². The number of hydrogen-bond donors (Lipinski definition) is 1. The van der Waals surface area contributed by atoms with Crippen LogP contribution in [0.15, 0.2) is 0 Å². The molecule has 0 aromatic heterocycles. The molecule has 2 aliphatic rings. The molecule has 2 rings (SSSR count). The highest BCUT2D eigenvalue weighted by Gasteiger charge is 2.37. The summed E-state index contributed by atoms with van der Waals surface area (Å²) in [5, 5.41) is -0.254. The molecule has 118 valence electrons. The Morgan fingerprint density at radius 2 is 1.70 bits per heavy atom. The molecule has 2 fully saturated rings. The summed E-state index contributed by atoms with van der Waals surface area (Å²) in [5.74, 6) is 0. The summed E-state index contributed by atoms with van der Waals surface area (Å²) < 4.78 is 32.9. The van der Waals surface area contributed by atoms with Gasteiger partial charge < -0.3 is 10.5 Å². The summed E-state index contributed by atoms with van der Waals surface area (Å²) in [6, 6.07) is 0.197. The smallest absolute Gasteiger partial charge is 0.217 e. The molecule has 1 aliphatic heterocycles. The second kappa shape index (κ2) is 7.73. The fraction of sp³-hybridized carbons (Fsp3) is 1.00. The van der Waals surface area contributed by atoms with Crippen LogP contribution >= 0.6 is 0 Å². The third-order valence-corrected chi connectivity index (χ3v) is 6.93. The van der Waals surface area contributed by atoms with E-state index in [1.54, 1.807) is 4.31 Å². The van der Waals surface area contributed by atoms with Crippen LogP contribution in [0.2, 0.25) is 0 Å². The SMILES string of the molecule is NCCCN(C1CCCCC1)S(=O)(=O)C1CCOCC1. The molecule has 2 N–H and O–H groups in total. The van der Waals surface area contributed by atoms with Crippen LogP contribution in [0.4, 0.5) is 0 Å². The predicted molar refractivity (Wildman–Crippen MR) is 80.0 cm³/mol. The lowest BCUT2D eigenvalue weighted by Crippen LogP contribution is -2.48. The average Bonchev–Trinajstić information content (AvgIpc) is 2.49. The van der Waals surface area contributed by atoms with Gasteiger partial charge in [0.2, 0.25) is 10.0 Å². The molecule has 0 atom stereocenters. The molecule has 0 spiro atoms. The van der Waals surface area contributed by atoms with E-state index in [0.29, 0.717) is 39.1 Å². The Morgan fingerprint density at radius 3 is 2.30 bits per heavy atom. The van der Waals surface area contributed by atoms with E-state index in [2.05, 4.69) is 0 Å². The van der Waals surface area contributed by atoms with E-state index in [1.165, 1.54) is 6.42 Å². The van der Waals surface area contributed by atoms with Crippen molar-refractivity contribution >= 4 is 10.0 Å². The van der Waals surface area contributed by atoms with Gasteiger partial charge in [-0.05, 0) is 38.6 Å². The molecule has 1 saturated heterocycles. The van der Waals surface area contributed by atoms with Crippen molar-refractivity contribution < 1.29 is 13.2 Å². The van der Waals surface area contributed by atoms with Crippen molar-refractivity contribution in [3.05, 3.63) is 0 Å². The Bertz CT molecular complexity index is 374. The van der Waals surface area contributed by atoms with Gasteiger partial charge in [0.05, 0.1) is 5.25 Å². The van der Waals surface area contributed by atoms with Crippen molar-refractivity contribution in [3.63, 3.8) is 0 Å². The first-order valence-corrected chi connectivity index (χ1v) is 9.45. The normalized spacial score (nSPS) is 23.3.